The Bertz CT molecular complexity index is 1110. The van der Waals surface area contributed by atoms with Crippen molar-refractivity contribution in [1.29, 1.82) is 5.26 Å². The number of hydrogen-bond acceptors (Lipinski definition) is 5. The lowest BCUT2D eigenvalue weighted by atomic mass is 9.73. The van der Waals surface area contributed by atoms with E-state index in [1.807, 2.05) is 11.8 Å². The molecule has 6 nitrogen and oxygen atoms in total. The number of nitrogens with zero attached hydrogens (tertiary/aromatic N) is 3. The summed E-state index contributed by atoms with van der Waals surface area (Å²) in [7, 11) is 0. The first-order valence-corrected chi connectivity index (χ1v) is 11.2. The summed E-state index contributed by atoms with van der Waals surface area (Å²) in [6, 6.07) is 12.4. The van der Waals surface area contributed by atoms with Gasteiger partial charge in [-0.1, -0.05) is 12.1 Å². The van der Waals surface area contributed by atoms with Gasteiger partial charge >= 0.3 is 6.18 Å². The van der Waals surface area contributed by atoms with Crippen molar-refractivity contribution in [2.45, 2.75) is 19.5 Å². The largest absolute Gasteiger partial charge is 0.493 e. The summed E-state index contributed by atoms with van der Waals surface area (Å²) < 4.78 is 46.0. The Morgan fingerprint density at radius 3 is 2.71 bits per heavy atom. The predicted molar refractivity (Wildman–Crippen MR) is 120 cm³/mol. The van der Waals surface area contributed by atoms with Gasteiger partial charge in [-0.15, -0.1) is 0 Å². The fourth-order valence-corrected chi connectivity index (χ4v) is 5.08. The molecule has 1 N–H and O–H groups in total. The van der Waals surface area contributed by atoms with Crippen LogP contribution in [0.4, 0.5) is 18.9 Å². The first-order valence-electron chi connectivity index (χ1n) is 11.2. The van der Waals surface area contributed by atoms with Crippen molar-refractivity contribution in [2.75, 3.05) is 44.3 Å². The summed E-state index contributed by atoms with van der Waals surface area (Å²) in [4.78, 5) is 16.8. The second-order valence-electron chi connectivity index (χ2n) is 8.87. The lowest BCUT2D eigenvalue weighted by Gasteiger charge is -2.42. The highest BCUT2D eigenvalue weighted by molar-refractivity contribution is 5.97. The number of carbonyl (C=O) groups excluding carboxylic acids is 1. The molecule has 4 rings (SSSR count). The van der Waals surface area contributed by atoms with Crippen molar-refractivity contribution in [3.63, 3.8) is 0 Å². The molecule has 2 aromatic carbocycles. The summed E-state index contributed by atoms with van der Waals surface area (Å²) >= 11 is 0. The van der Waals surface area contributed by atoms with Crippen molar-refractivity contribution in [1.82, 2.24) is 4.90 Å². The van der Waals surface area contributed by atoms with Crippen LogP contribution in [0.3, 0.4) is 0 Å². The van der Waals surface area contributed by atoms with Crippen LogP contribution in [0.1, 0.15) is 34.8 Å². The molecule has 0 aliphatic carbocycles. The summed E-state index contributed by atoms with van der Waals surface area (Å²) in [6.07, 6.45) is -4.10. The molecule has 34 heavy (non-hydrogen) atoms. The van der Waals surface area contributed by atoms with Crippen LogP contribution >= 0.6 is 0 Å². The summed E-state index contributed by atoms with van der Waals surface area (Å²) in [5.74, 6) is 0.241. The third-order valence-corrected chi connectivity index (χ3v) is 6.95. The smallest absolute Gasteiger partial charge is 0.417 e. The van der Waals surface area contributed by atoms with E-state index in [9.17, 15) is 23.1 Å². The van der Waals surface area contributed by atoms with Crippen LogP contribution in [-0.2, 0) is 6.18 Å². The van der Waals surface area contributed by atoms with E-state index in [1.54, 1.807) is 35.2 Å². The van der Waals surface area contributed by atoms with E-state index in [2.05, 4.69) is 0 Å². The lowest BCUT2D eigenvalue weighted by molar-refractivity contribution is -0.137. The van der Waals surface area contributed by atoms with E-state index in [4.69, 9.17) is 10.00 Å². The molecule has 2 aromatic rings. The van der Waals surface area contributed by atoms with E-state index >= 15 is 0 Å². The summed E-state index contributed by atoms with van der Waals surface area (Å²) in [5.41, 5.74) is -1.08. The fraction of sp³-hybridized carbons (Fsp3) is 0.440. The minimum absolute atomic E-state index is 0.112. The molecule has 180 valence electrons. The number of hydrogen-bond donors (Lipinski definition) is 1. The molecule has 2 saturated heterocycles. The van der Waals surface area contributed by atoms with Gasteiger partial charge in [-0.05, 0) is 43.7 Å². The Hall–Kier alpha value is -3.25. The normalized spacial score (nSPS) is 22.3. The Balaban J connectivity index is 1.57. The summed E-state index contributed by atoms with van der Waals surface area (Å²) in [5, 5.41) is 19.3. The number of aliphatic hydroxyl groups is 1. The molecule has 2 atom stereocenters. The molecule has 9 heteroatoms. The maximum absolute atomic E-state index is 13.5. The van der Waals surface area contributed by atoms with Crippen molar-refractivity contribution in [2.24, 2.45) is 11.3 Å². The Labute approximate surface area is 196 Å². The zero-order valence-corrected chi connectivity index (χ0v) is 18.8. The number of rotatable bonds is 5. The first kappa shape index (κ1) is 23.9. The molecule has 0 spiro atoms. The summed E-state index contributed by atoms with van der Waals surface area (Å²) in [6.45, 7) is 3.77. The number of piperidine rings is 1. The number of fused-ring (bicyclic) bond motifs is 1. The first-order chi connectivity index (χ1) is 16.2. The highest BCUT2D eigenvalue weighted by Gasteiger charge is 2.50. The molecule has 0 aromatic heterocycles. The van der Waals surface area contributed by atoms with E-state index in [-0.39, 0.29) is 18.4 Å². The van der Waals surface area contributed by atoms with Crippen molar-refractivity contribution in [3.8, 4) is 11.8 Å². The number of likely N-dealkylation sites (tertiary alicyclic amines) is 1. The van der Waals surface area contributed by atoms with Crippen LogP contribution in [0.15, 0.2) is 42.5 Å². The van der Waals surface area contributed by atoms with Gasteiger partial charge in [-0.2, -0.15) is 18.4 Å². The molecule has 0 radical (unpaired) electrons. The quantitative estimate of drug-likeness (QED) is 0.712. The molecule has 2 aliphatic heterocycles. The topological polar surface area (TPSA) is 76.8 Å². The number of para-hydroxylation sites is 1. The molecule has 2 fully saturated rings. The van der Waals surface area contributed by atoms with Crippen LogP contribution in [0.2, 0.25) is 0 Å². The van der Waals surface area contributed by atoms with Crippen LogP contribution in [0.5, 0.6) is 5.75 Å². The molecule has 1 amide bonds. The van der Waals surface area contributed by atoms with E-state index in [0.29, 0.717) is 56.2 Å². The Morgan fingerprint density at radius 2 is 2.03 bits per heavy atom. The predicted octanol–water partition coefficient (Wildman–Crippen LogP) is 3.94. The van der Waals surface area contributed by atoms with E-state index in [0.717, 1.165) is 6.07 Å². The number of nitriles is 1. The number of amides is 1. The third-order valence-electron chi connectivity index (χ3n) is 6.95. The molecule has 2 heterocycles. The minimum atomic E-state index is -4.64. The van der Waals surface area contributed by atoms with Gasteiger partial charge in [0.1, 0.15) is 5.75 Å². The van der Waals surface area contributed by atoms with Crippen molar-refractivity contribution >= 4 is 11.6 Å². The molecule has 2 aliphatic rings. The number of benzene rings is 2. The zero-order chi connectivity index (χ0) is 24.5. The van der Waals surface area contributed by atoms with Crippen LogP contribution in [-0.4, -0.2) is 55.3 Å². The van der Waals surface area contributed by atoms with Crippen molar-refractivity contribution in [3.05, 3.63) is 59.2 Å². The fourth-order valence-electron chi connectivity index (χ4n) is 5.08. The van der Waals surface area contributed by atoms with Crippen LogP contribution in [0.25, 0.3) is 0 Å². The average Bonchev–Trinajstić information content (AvgIpc) is 3.22. The highest BCUT2D eigenvalue weighted by atomic mass is 19.4. The van der Waals surface area contributed by atoms with Crippen molar-refractivity contribution < 1.29 is 27.8 Å². The van der Waals surface area contributed by atoms with Gasteiger partial charge in [0.05, 0.1) is 36.0 Å². The van der Waals surface area contributed by atoms with Gasteiger partial charge in [-0.25, -0.2) is 0 Å². The molecular weight excluding hydrogens is 447 g/mol. The van der Waals surface area contributed by atoms with Crippen LogP contribution < -0.4 is 9.64 Å². The number of aliphatic hydroxyl groups excluding tert-OH is 1. The SMILES string of the molecule is CCOc1ccccc1C(=O)N1CC[C@@]2(CO)CN(c3ccc(C#N)c(C(F)(F)F)c3)C[C@H]2C1. The third kappa shape index (κ3) is 4.30. The van der Waals surface area contributed by atoms with Gasteiger partial charge < -0.3 is 19.6 Å². The minimum Gasteiger partial charge on any atom is -0.493 e. The van der Waals surface area contributed by atoms with Gasteiger partial charge in [0.15, 0.2) is 0 Å². The monoisotopic (exact) mass is 473 g/mol. The lowest BCUT2D eigenvalue weighted by Crippen LogP contribution is -2.50. The highest BCUT2D eigenvalue weighted by Crippen LogP contribution is 2.45. The van der Waals surface area contributed by atoms with Gasteiger partial charge in [0.25, 0.3) is 5.91 Å². The maximum Gasteiger partial charge on any atom is 0.417 e. The molecule has 0 bridgehead atoms. The van der Waals surface area contributed by atoms with Gasteiger partial charge in [-0.3, -0.25) is 4.79 Å². The Kier molecular flexibility index (Phi) is 6.45. The van der Waals surface area contributed by atoms with Crippen LogP contribution in [0, 0.1) is 22.7 Å². The molecule has 0 saturated carbocycles. The Morgan fingerprint density at radius 1 is 1.26 bits per heavy atom. The number of alkyl halides is 3. The standard InChI is InChI=1S/C25H26F3N3O3/c1-2-34-22-6-4-3-5-20(22)23(33)30-10-9-24(16-32)15-31(14-18(24)13-30)19-8-7-17(12-29)21(11-19)25(26,27)28/h3-8,11,18,32H,2,9-10,13-16H2,1H3/t18-,24+/m1/s1. The van der Waals surface area contributed by atoms with E-state index < -0.39 is 22.7 Å². The zero-order valence-electron chi connectivity index (χ0n) is 18.8. The van der Waals surface area contributed by atoms with Gasteiger partial charge in [0.2, 0.25) is 0 Å². The average molecular weight is 473 g/mol. The van der Waals surface area contributed by atoms with E-state index in [1.165, 1.54) is 12.1 Å². The second kappa shape index (κ2) is 9.18. The van der Waals surface area contributed by atoms with Gasteiger partial charge in [0, 0.05) is 43.2 Å². The molecular formula is C25H26F3N3O3. The number of carbonyl (C=O) groups is 1. The second-order valence-corrected chi connectivity index (χ2v) is 8.87. The molecule has 0 unspecified atom stereocenters. The number of anilines is 1. The maximum atomic E-state index is 13.5. The number of ether oxygens (including phenoxy) is 1. The number of halogens is 3.